The van der Waals surface area contributed by atoms with E-state index in [0.29, 0.717) is 12.1 Å². The molecule has 0 aliphatic carbocycles. The molecule has 1 aromatic rings. The molecule has 0 aromatic heterocycles. The average molecular weight is 360 g/mol. The molecule has 3 atom stereocenters. The summed E-state index contributed by atoms with van der Waals surface area (Å²) in [5.41, 5.74) is 2.09. The van der Waals surface area contributed by atoms with E-state index in [1.165, 1.54) is 0 Å². The Balaban J connectivity index is 3.36. The first-order chi connectivity index (χ1) is 12.4. The van der Waals surface area contributed by atoms with Gasteiger partial charge in [0.2, 0.25) is 0 Å². The Morgan fingerprint density at radius 2 is 1.62 bits per heavy atom. The second-order valence-electron chi connectivity index (χ2n) is 6.94. The van der Waals surface area contributed by atoms with E-state index in [9.17, 15) is 0 Å². The van der Waals surface area contributed by atoms with Gasteiger partial charge < -0.3 is 15.4 Å². The van der Waals surface area contributed by atoms with Crippen molar-refractivity contribution in [2.24, 2.45) is 4.99 Å². The Kier molecular flexibility index (Phi) is 9.85. The zero-order chi connectivity index (χ0) is 19.5. The largest absolute Gasteiger partial charge is 0.496 e. The molecule has 0 aliphatic heterocycles. The zero-order valence-electron chi connectivity index (χ0n) is 17.6. The lowest BCUT2D eigenvalue weighted by atomic mass is 10.1. The highest BCUT2D eigenvalue weighted by atomic mass is 16.5. The van der Waals surface area contributed by atoms with Crippen molar-refractivity contribution in [1.29, 1.82) is 0 Å². The number of para-hydroxylation sites is 1. The van der Waals surface area contributed by atoms with Crippen LogP contribution in [-0.2, 0) is 0 Å². The molecule has 4 nitrogen and oxygen atoms in total. The number of benzene rings is 1. The zero-order valence-corrected chi connectivity index (χ0v) is 17.6. The number of methoxy groups -OCH3 is 1. The van der Waals surface area contributed by atoms with Gasteiger partial charge in [0.15, 0.2) is 0 Å². The number of ether oxygens (including phenoxy) is 1. The maximum atomic E-state index is 5.59. The second kappa shape index (κ2) is 11.6. The number of rotatable bonds is 10. The van der Waals surface area contributed by atoms with Crippen LogP contribution in [-0.4, -0.2) is 31.1 Å². The summed E-state index contributed by atoms with van der Waals surface area (Å²) in [7, 11) is 1.71. The van der Waals surface area contributed by atoms with Crippen LogP contribution in [0.1, 0.15) is 66.4 Å². The fraction of sp³-hybridized carbons (Fsp3) is 0.591. The van der Waals surface area contributed by atoms with Crippen molar-refractivity contribution in [2.45, 2.75) is 78.9 Å². The van der Waals surface area contributed by atoms with Gasteiger partial charge in [0.25, 0.3) is 0 Å². The minimum absolute atomic E-state index is 0.278. The highest BCUT2D eigenvalue weighted by molar-refractivity contribution is 5.99. The van der Waals surface area contributed by atoms with Gasteiger partial charge in [-0.05, 0) is 52.2 Å². The van der Waals surface area contributed by atoms with E-state index in [-0.39, 0.29) is 6.04 Å². The summed E-state index contributed by atoms with van der Waals surface area (Å²) in [4.78, 5) is 4.89. The minimum atomic E-state index is 0.278. The van der Waals surface area contributed by atoms with Gasteiger partial charge in [-0.1, -0.05) is 32.9 Å². The average Bonchev–Trinajstić information content (AvgIpc) is 2.66. The fourth-order valence-electron chi connectivity index (χ4n) is 2.37. The molecule has 0 heterocycles. The summed E-state index contributed by atoms with van der Waals surface area (Å²) in [6.45, 7) is 13.1. The van der Waals surface area contributed by atoms with Crippen LogP contribution in [0, 0.1) is 0 Å². The summed E-state index contributed by atoms with van der Waals surface area (Å²) in [5.74, 6) is 1.78. The lowest BCUT2D eigenvalue weighted by Gasteiger charge is -2.21. The van der Waals surface area contributed by atoms with Gasteiger partial charge >= 0.3 is 0 Å². The van der Waals surface area contributed by atoms with Gasteiger partial charge in [-0.3, -0.25) is 4.99 Å². The molecule has 2 N–H and O–H groups in total. The van der Waals surface area contributed by atoms with Crippen molar-refractivity contribution >= 4 is 11.5 Å². The normalized spacial score (nSPS) is 16.0. The number of nitrogens with zero attached hydrogens (tertiary/aromatic N) is 1. The Morgan fingerprint density at radius 3 is 2.19 bits per heavy atom. The van der Waals surface area contributed by atoms with E-state index in [4.69, 9.17) is 9.73 Å². The Labute approximate surface area is 160 Å². The van der Waals surface area contributed by atoms with Crippen LogP contribution < -0.4 is 15.4 Å². The van der Waals surface area contributed by atoms with Crippen LogP contribution in [0.4, 0.5) is 0 Å². The molecule has 0 amide bonds. The first-order valence-electron chi connectivity index (χ1n) is 9.90. The van der Waals surface area contributed by atoms with Crippen LogP contribution in [0.2, 0.25) is 0 Å². The third-order valence-electron chi connectivity index (χ3n) is 4.65. The van der Waals surface area contributed by atoms with Gasteiger partial charge in [-0.2, -0.15) is 0 Å². The second-order valence-corrected chi connectivity index (χ2v) is 6.94. The molecule has 4 heteroatoms. The Morgan fingerprint density at radius 1 is 1.00 bits per heavy atom. The van der Waals surface area contributed by atoms with E-state index in [1.54, 1.807) is 7.11 Å². The standard InChI is InChI=1S/C22H37N3O/c1-8-16(4)23-20(19-13-11-12-14-21(19)26-7)15-22(24-17(5)9-2)25-18(6)10-3/h11-18,23H,8-10H2,1-7H3,(H,24,25)/b20-15-. The molecule has 0 radical (unpaired) electrons. The smallest absolute Gasteiger partial charge is 0.128 e. The maximum Gasteiger partial charge on any atom is 0.128 e. The summed E-state index contributed by atoms with van der Waals surface area (Å²) < 4.78 is 5.59. The van der Waals surface area contributed by atoms with Crippen molar-refractivity contribution in [3.63, 3.8) is 0 Å². The van der Waals surface area contributed by atoms with E-state index < -0.39 is 0 Å². The van der Waals surface area contributed by atoms with Crippen molar-refractivity contribution in [3.8, 4) is 5.75 Å². The lowest BCUT2D eigenvalue weighted by molar-refractivity contribution is 0.413. The first-order valence-corrected chi connectivity index (χ1v) is 9.90. The van der Waals surface area contributed by atoms with Crippen molar-refractivity contribution in [1.82, 2.24) is 10.6 Å². The molecule has 0 aliphatic rings. The quantitative estimate of drug-likeness (QED) is 0.456. The fourth-order valence-corrected chi connectivity index (χ4v) is 2.37. The number of aliphatic imine (C=N–C) groups is 1. The number of amidine groups is 1. The van der Waals surface area contributed by atoms with E-state index in [1.807, 2.05) is 18.2 Å². The number of hydrogen-bond acceptors (Lipinski definition) is 3. The van der Waals surface area contributed by atoms with Gasteiger partial charge in [-0.15, -0.1) is 0 Å². The molecule has 146 valence electrons. The molecule has 3 unspecified atom stereocenters. The molecule has 0 saturated heterocycles. The van der Waals surface area contributed by atoms with Gasteiger partial charge in [0.05, 0.1) is 7.11 Å². The van der Waals surface area contributed by atoms with Crippen molar-refractivity contribution in [2.75, 3.05) is 7.11 Å². The summed E-state index contributed by atoms with van der Waals surface area (Å²) in [6.07, 6.45) is 5.24. The summed E-state index contributed by atoms with van der Waals surface area (Å²) in [5, 5.41) is 7.18. The third-order valence-corrected chi connectivity index (χ3v) is 4.65. The molecule has 1 rings (SSSR count). The molecule has 0 spiro atoms. The van der Waals surface area contributed by atoms with Crippen molar-refractivity contribution < 1.29 is 4.74 Å². The van der Waals surface area contributed by atoms with Gasteiger partial charge in [0.1, 0.15) is 11.6 Å². The number of nitrogens with one attached hydrogen (secondary N) is 2. The van der Waals surface area contributed by atoms with E-state index in [2.05, 4.69) is 64.3 Å². The molecule has 1 aromatic carbocycles. The molecule has 26 heavy (non-hydrogen) atoms. The molecule has 0 fully saturated rings. The van der Waals surface area contributed by atoms with Crippen LogP contribution in [0.3, 0.4) is 0 Å². The first kappa shape index (κ1) is 22.1. The highest BCUT2D eigenvalue weighted by Gasteiger charge is 2.13. The summed E-state index contributed by atoms with van der Waals surface area (Å²) >= 11 is 0. The topological polar surface area (TPSA) is 45.7 Å². The Bertz CT molecular complexity index is 595. The van der Waals surface area contributed by atoms with Crippen LogP contribution in [0.15, 0.2) is 35.3 Å². The third kappa shape index (κ3) is 7.11. The highest BCUT2D eigenvalue weighted by Crippen LogP contribution is 2.24. The molecule has 0 saturated carbocycles. The minimum Gasteiger partial charge on any atom is -0.496 e. The van der Waals surface area contributed by atoms with Crippen LogP contribution >= 0.6 is 0 Å². The predicted octanol–water partition coefficient (Wildman–Crippen LogP) is 5.01. The van der Waals surface area contributed by atoms with E-state index >= 15 is 0 Å². The molecular weight excluding hydrogens is 322 g/mol. The monoisotopic (exact) mass is 359 g/mol. The lowest BCUT2D eigenvalue weighted by Crippen LogP contribution is -2.33. The van der Waals surface area contributed by atoms with Crippen LogP contribution in [0.25, 0.3) is 5.70 Å². The van der Waals surface area contributed by atoms with Gasteiger partial charge in [0, 0.05) is 35.5 Å². The number of hydrogen-bond donors (Lipinski definition) is 2. The SMILES string of the molecule is CCC(C)N=C(/C=C(\NC(C)CC)c1ccccc1OC)NC(C)CC. The predicted molar refractivity (Wildman–Crippen MR) is 114 cm³/mol. The van der Waals surface area contributed by atoms with Crippen LogP contribution in [0.5, 0.6) is 5.75 Å². The molecular formula is C22H37N3O. The van der Waals surface area contributed by atoms with E-state index in [0.717, 1.165) is 42.1 Å². The summed E-state index contributed by atoms with van der Waals surface area (Å²) in [6, 6.07) is 9.13. The molecule has 0 bridgehead atoms. The van der Waals surface area contributed by atoms with Crippen molar-refractivity contribution in [3.05, 3.63) is 35.9 Å². The Hall–Kier alpha value is -1.97. The maximum absolute atomic E-state index is 5.59. The van der Waals surface area contributed by atoms with Gasteiger partial charge in [-0.25, -0.2) is 0 Å².